The van der Waals surface area contributed by atoms with Gasteiger partial charge in [0, 0.05) is 18.1 Å². The molecule has 0 atom stereocenters. The molecule has 0 saturated heterocycles. The molecule has 1 aliphatic rings. The van der Waals surface area contributed by atoms with Crippen molar-refractivity contribution in [3.8, 4) is 11.5 Å². The summed E-state index contributed by atoms with van der Waals surface area (Å²) in [6.45, 7) is 10.3. The number of hydrogen-bond donors (Lipinski definition) is 0. The molecule has 0 radical (unpaired) electrons. The van der Waals surface area contributed by atoms with Gasteiger partial charge in [0.15, 0.2) is 5.78 Å². The van der Waals surface area contributed by atoms with Crippen LogP contribution in [-0.4, -0.2) is 18.5 Å². The highest BCUT2D eigenvalue weighted by atomic mass is 16.5. The summed E-state index contributed by atoms with van der Waals surface area (Å²) in [5, 5.41) is 0. The second kappa shape index (κ2) is 5.55. The average Bonchev–Trinajstić information content (AvgIpc) is 2.43. The lowest BCUT2D eigenvalue weighted by atomic mass is 9.84. The van der Waals surface area contributed by atoms with Crippen LogP contribution in [0.1, 0.15) is 57.0 Å². The van der Waals surface area contributed by atoms with E-state index in [2.05, 4.69) is 33.8 Å². The van der Waals surface area contributed by atoms with Crippen LogP contribution in [-0.2, 0) is 0 Å². The van der Waals surface area contributed by atoms with Crippen LogP contribution in [0.2, 0.25) is 0 Å². The molecule has 2 rings (SSSR count). The Morgan fingerprint density at radius 2 is 2.00 bits per heavy atom. The Kier molecular flexibility index (Phi) is 4.13. The smallest absolute Gasteiger partial charge is 0.166 e. The summed E-state index contributed by atoms with van der Waals surface area (Å²) in [7, 11) is 1.58. The van der Waals surface area contributed by atoms with Gasteiger partial charge in [-0.2, -0.15) is 0 Å². The lowest BCUT2D eigenvalue weighted by Crippen LogP contribution is -2.35. The summed E-state index contributed by atoms with van der Waals surface area (Å²) >= 11 is 0. The molecule has 1 aliphatic heterocycles. The molecule has 0 saturated carbocycles. The van der Waals surface area contributed by atoms with Crippen LogP contribution in [0.3, 0.4) is 0 Å². The van der Waals surface area contributed by atoms with Gasteiger partial charge in [0.25, 0.3) is 0 Å². The molecule has 0 fully saturated rings. The molecule has 0 N–H and O–H groups in total. The van der Waals surface area contributed by atoms with E-state index in [4.69, 9.17) is 9.47 Å². The fraction of sp³-hybridized carbons (Fsp3) is 0.500. The molecule has 0 aromatic heterocycles. The Bertz CT molecular complexity index is 595. The Labute approximate surface area is 127 Å². The minimum atomic E-state index is -0.345. The molecular weight excluding hydrogens is 264 g/mol. The Morgan fingerprint density at radius 3 is 2.52 bits per heavy atom. The van der Waals surface area contributed by atoms with Crippen molar-refractivity contribution in [3.05, 3.63) is 28.8 Å². The maximum atomic E-state index is 12.1. The van der Waals surface area contributed by atoms with E-state index in [-0.39, 0.29) is 11.4 Å². The summed E-state index contributed by atoms with van der Waals surface area (Å²) in [6, 6.07) is 3.71. The van der Waals surface area contributed by atoms with E-state index in [0.29, 0.717) is 23.7 Å². The van der Waals surface area contributed by atoms with Crippen molar-refractivity contribution in [1.29, 1.82) is 0 Å². The molecule has 0 amide bonds. The van der Waals surface area contributed by atoms with Gasteiger partial charge in [-0.15, -0.1) is 0 Å². The van der Waals surface area contributed by atoms with Crippen LogP contribution in [0.4, 0.5) is 0 Å². The highest BCUT2D eigenvalue weighted by Crippen LogP contribution is 2.41. The summed E-state index contributed by atoms with van der Waals surface area (Å²) in [4.78, 5) is 12.1. The number of ether oxygens (including phenoxy) is 2. The van der Waals surface area contributed by atoms with Gasteiger partial charge in [0.05, 0.1) is 12.7 Å². The second-order valence-electron chi connectivity index (χ2n) is 6.23. The maximum absolute atomic E-state index is 12.1. The molecule has 0 bridgehead atoms. The number of ketones is 1. The zero-order chi connectivity index (χ0) is 15.8. The van der Waals surface area contributed by atoms with E-state index in [1.807, 2.05) is 19.1 Å². The van der Waals surface area contributed by atoms with Gasteiger partial charge in [0.2, 0.25) is 0 Å². The van der Waals surface area contributed by atoms with Gasteiger partial charge in [-0.3, -0.25) is 4.79 Å². The number of hydrogen-bond acceptors (Lipinski definition) is 3. The van der Waals surface area contributed by atoms with Crippen LogP contribution in [0.25, 0.3) is 6.08 Å². The van der Waals surface area contributed by atoms with Crippen molar-refractivity contribution in [2.45, 2.75) is 46.6 Å². The van der Waals surface area contributed by atoms with Crippen molar-refractivity contribution in [3.63, 3.8) is 0 Å². The largest absolute Gasteiger partial charge is 0.496 e. The van der Waals surface area contributed by atoms with Crippen molar-refractivity contribution in [2.24, 2.45) is 5.92 Å². The number of carbonyl (C=O) groups is 1. The predicted molar refractivity (Wildman–Crippen MR) is 85.1 cm³/mol. The maximum Gasteiger partial charge on any atom is 0.166 e. The predicted octanol–water partition coefficient (Wildman–Crippen LogP) is 4.50. The molecule has 0 aliphatic carbocycles. The summed E-state index contributed by atoms with van der Waals surface area (Å²) in [6.07, 6.45) is 2.61. The number of Topliss-reactive ketones (excluding diaryl/α,β-unsaturated/α-hetero) is 1. The van der Waals surface area contributed by atoms with Crippen molar-refractivity contribution in [1.82, 2.24) is 0 Å². The van der Waals surface area contributed by atoms with Gasteiger partial charge in [-0.1, -0.05) is 20.8 Å². The molecule has 114 valence electrons. The first-order chi connectivity index (χ1) is 9.80. The van der Waals surface area contributed by atoms with E-state index >= 15 is 0 Å². The summed E-state index contributed by atoms with van der Waals surface area (Å²) in [5.41, 5.74) is 2.47. The molecule has 21 heavy (non-hydrogen) atoms. The van der Waals surface area contributed by atoms with E-state index in [1.165, 1.54) is 5.57 Å². The molecule has 1 heterocycles. The fourth-order valence-corrected chi connectivity index (χ4v) is 2.89. The summed E-state index contributed by atoms with van der Waals surface area (Å²) in [5.74, 6) is 1.83. The molecule has 3 heteroatoms. The molecule has 1 aromatic carbocycles. The lowest BCUT2D eigenvalue weighted by Gasteiger charge is -2.36. The Morgan fingerprint density at radius 1 is 1.33 bits per heavy atom. The average molecular weight is 288 g/mol. The SMILES string of the molecule is CCC(=O)c1cc2c(cc1OC)OC(C)(C)C(C(C)C)=C2. The van der Waals surface area contributed by atoms with Crippen LogP contribution < -0.4 is 9.47 Å². The van der Waals surface area contributed by atoms with Crippen molar-refractivity contribution < 1.29 is 14.3 Å². The Hall–Kier alpha value is -1.77. The Balaban J connectivity index is 2.61. The monoisotopic (exact) mass is 288 g/mol. The third-order valence-corrected chi connectivity index (χ3v) is 3.95. The third kappa shape index (κ3) is 2.82. The van der Waals surface area contributed by atoms with Crippen molar-refractivity contribution in [2.75, 3.05) is 7.11 Å². The molecule has 3 nitrogen and oxygen atoms in total. The van der Waals surface area contributed by atoms with E-state index < -0.39 is 0 Å². The van der Waals surface area contributed by atoms with Gasteiger partial charge >= 0.3 is 0 Å². The molecule has 1 aromatic rings. The van der Waals surface area contributed by atoms with Gasteiger partial charge in [-0.05, 0) is 37.5 Å². The normalized spacial score (nSPS) is 16.0. The third-order valence-electron chi connectivity index (χ3n) is 3.95. The topological polar surface area (TPSA) is 35.5 Å². The fourth-order valence-electron chi connectivity index (χ4n) is 2.89. The first-order valence-electron chi connectivity index (χ1n) is 7.46. The highest BCUT2D eigenvalue weighted by molar-refractivity contribution is 5.99. The zero-order valence-electron chi connectivity index (χ0n) is 13.7. The van der Waals surface area contributed by atoms with E-state index in [1.54, 1.807) is 7.11 Å². The minimum Gasteiger partial charge on any atom is -0.496 e. The highest BCUT2D eigenvalue weighted by Gasteiger charge is 2.32. The van der Waals surface area contributed by atoms with Crippen LogP contribution in [0, 0.1) is 5.92 Å². The van der Waals surface area contributed by atoms with Crippen LogP contribution in [0.5, 0.6) is 11.5 Å². The van der Waals surface area contributed by atoms with Gasteiger partial charge in [0.1, 0.15) is 17.1 Å². The first-order valence-corrected chi connectivity index (χ1v) is 7.46. The second-order valence-corrected chi connectivity index (χ2v) is 6.23. The number of methoxy groups -OCH3 is 1. The summed E-state index contributed by atoms with van der Waals surface area (Å²) < 4.78 is 11.5. The number of carbonyl (C=O) groups excluding carboxylic acids is 1. The molecular formula is C18H24O3. The lowest BCUT2D eigenvalue weighted by molar-refractivity contribution is 0.0985. The standard InChI is InChI=1S/C18H24O3/c1-7-15(19)13-8-12-9-14(11(2)3)18(4,5)21-16(12)10-17(13)20-6/h8-11H,7H2,1-6H3. The van der Waals surface area contributed by atoms with Crippen molar-refractivity contribution >= 4 is 11.9 Å². The van der Waals surface area contributed by atoms with E-state index in [9.17, 15) is 4.79 Å². The first kappa shape index (κ1) is 15.6. The molecule has 0 spiro atoms. The number of fused-ring (bicyclic) bond motifs is 1. The van der Waals surface area contributed by atoms with Gasteiger partial charge in [-0.25, -0.2) is 0 Å². The van der Waals surface area contributed by atoms with E-state index in [0.717, 1.165) is 11.3 Å². The van der Waals surface area contributed by atoms with Crippen LogP contribution in [0.15, 0.2) is 17.7 Å². The quantitative estimate of drug-likeness (QED) is 0.765. The number of benzene rings is 1. The molecule has 0 unspecified atom stereocenters. The number of rotatable bonds is 4. The zero-order valence-corrected chi connectivity index (χ0v) is 13.7. The minimum absolute atomic E-state index is 0.0824. The van der Waals surface area contributed by atoms with Gasteiger partial charge < -0.3 is 9.47 Å². The van der Waals surface area contributed by atoms with Crippen LogP contribution >= 0.6 is 0 Å².